The van der Waals surface area contributed by atoms with Crippen molar-refractivity contribution in [3.63, 3.8) is 0 Å². The van der Waals surface area contributed by atoms with Gasteiger partial charge in [-0.05, 0) is 48.9 Å². The molecule has 160 valence electrons. The molecule has 29 heavy (non-hydrogen) atoms. The molecule has 5 nitrogen and oxygen atoms in total. The van der Waals surface area contributed by atoms with Gasteiger partial charge in [0.2, 0.25) is 0 Å². The second-order valence-corrected chi connectivity index (χ2v) is 8.15. The Labute approximate surface area is 196 Å². The van der Waals surface area contributed by atoms with Gasteiger partial charge in [-0.25, -0.2) is 0 Å². The van der Waals surface area contributed by atoms with Crippen molar-refractivity contribution in [2.75, 3.05) is 38.2 Å². The Morgan fingerprint density at radius 2 is 2.00 bits per heavy atom. The third-order valence-corrected chi connectivity index (χ3v) is 6.12. The van der Waals surface area contributed by atoms with Gasteiger partial charge >= 0.3 is 0 Å². The van der Waals surface area contributed by atoms with E-state index in [0.717, 1.165) is 50.7 Å². The molecule has 1 aromatic carbocycles. The van der Waals surface area contributed by atoms with E-state index in [1.165, 1.54) is 10.6 Å². The van der Waals surface area contributed by atoms with Crippen molar-refractivity contribution >= 4 is 46.3 Å². The molecule has 1 aliphatic rings. The average molecular weight is 529 g/mol. The minimum Gasteiger partial charge on any atom is -0.496 e. The number of hydrogen-bond donors (Lipinski definition) is 2. The first-order valence-corrected chi connectivity index (χ1v) is 11.1. The van der Waals surface area contributed by atoms with Crippen molar-refractivity contribution in [1.29, 1.82) is 0 Å². The monoisotopic (exact) mass is 528 g/mol. The lowest BCUT2D eigenvalue weighted by Gasteiger charge is -2.33. The number of rotatable bonds is 7. The van der Waals surface area contributed by atoms with Crippen LogP contribution in [-0.2, 0) is 0 Å². The third-order valence-electron chi connectivity index (χ3n) is 5.19. The summed E-state index contributed by atoms with van der Waals surface area (Å²) >= 11 is 1.82. The molecule has 1 atom stereocenters. The first-order valence-electron chi connectivity index (χ1n) is 10.2. The van der Waals surface area contributed by atoms with Gasteiger partial charge in [0.15, 0.2) is 5.96 Å². The number of halogens is 1. The summed E-state index contributed by atoms with van der Waals surface area (Å²) in [4.78, 5) is 7.34. The molecular formula is C22H33IN4OS. The lowest BCUT2D eigenvalue weighted by atomic mass is 10.0. The van der Waals surface area contributed by atoms with Crippen LogP contribution in [0.3, 0.4) is 0 Å². The largest absolute Gasteiger partial charge is 0.496 e. The lowest BCUT2D eigenvalue weighted by Crippen LogP contribution is -2.48. The van der Waals surface area contributed by atoms with E-state index in [0.29, 0.717) is 12.0 Å². The number of aliphatic imine (C=N–C) groups is 1. The molecule has 0 bridgehead atoms. The maximum absolute atomic E-state index is 5.50. The average Bonchev–Trinajstić information content (AvgIpc) is 3.27. The SMILES string of the molecule is CCNC(=NCC(C)c1ccccc1OC)NC1CCN(c2cccs2)CC1.I. The van der Waals surface area contributed by atoms with E-state index in [1.807, 2.05) is 23.5 Å². The second-order valence-electron chi connectivity index (χ2n) is 7.22. The van der Waals surface area contributed by atoms with Gasteiger partial charge < -0.3 is 20.3 Å². The summed E-state index contributed by atoms with van der Waals surface area (Å²) < 4.78 is 5.50. The maximum atomic E-state index is 5.50. The molecule has 3 rings (SSSR count). The summed E-state index contributed by atoms with van der Waals surface area (Å²) in [5.74, 6) is 2.15. The number of nitrogens with zero attached hydrogens (tertiary/aromatic N) is 2. The van der Waals surface area contributed by atoms with Crippen LogP contribution in [0, 0.1) is 0 Å². The molecule has 0 amide bonds. The normalized spacial score (nSPS) is 16.1. The highest BCUT2D eigenvalue weighted by atomic mass is 127. The Kier molecular flexibility index (Phi) is 10.1. The molecule has 2 aromatic rings. The van der Waals surface area contributed by atoms with Crippen LogP contribution >= 0.6 is 35.3 Å². The van der Waals surface area contributed by atoms with Gasteiger partial charge in [0.25, 0.3) is 0 Å². The second kappa shape index (κ2) is 12.3. The van der Waals surface area contributed by atoms with E-state index >= 15 is 0 Å². The Morgan fingerprint density at radius 1 is 1.24 bits per heavy atom. The van der Waals surface area contributed by atoms with E-state index < -0.39 is 0 Å². The zero-order valence-electron chi connectivity index (χ0n) is 17.6. The molecule has 0 aliphatic carbocycles. The van der Waals surface area contributed by atoms with Gasteiger partial charge in [-0.15, -0.1) is 35.3 Å². The van der Waals surface area contributed by atoms with Crippen molar-refractivity contribution in [2.24, 2.45) is 4.99 Å². The molecule has 1 unspecified atom stereocenters. The van der Waals surface area contributed by atoms with Crippen LogP contribution in [-0.4, -0.2) is 45.3 Å². The number of para-hydroxylation sites is 1. The molecule has 1 saturated heterocycles. The molecule has 1 fully saturated rings. The van der Waals surface area contributed by atoms with Crippen LogP contribution in [0.15, 0.2) is 46.8 Å². The van der Waals surface area contributed by atoms with Crippen molar-refractivity contribution in [2.45, 2.75) is 38.6 Å². The zero-order chi connectivity index (χ0) is 19.8. The summed E-state index contributed by atoms with van der Waals surface area (Å²) in [6.45, 7) is 8.09. The van der Waals surface area contributed by atoms with Crippen LogP contribution in [0.25, 0.3) is 0 Å². The summed E-state index contributed by atoms with van der Waals surface area (Å²) in [5, 5.41) is 10.6. The first-order chi connectivity index (χ1) is 13.7. The topological polar surface area (TPSA) is 48.9 Å². The van der Waals surface area contributed by atoms with Crippen LogP contribution < -0.4 is 20.3 Å². The van der Waals surface area contributed by atoms with Gasteiger partial charge in [-0.3, -0.25) is 4.99 Å². The minimum absolute atomic E-state index is 0. The van der Waals surface area contributed by atoms with E-state index in [1.54, 1.807) is 7.11 Å². The van der Waals surface area contributed by atoms with Crippen molar-refractivity contribution in [3.8, 4) is 5.75 Å². The summed E-state index contributed by atoms with van der Waals surface area (Å²) in [7, 11) is 1.73. The number of piperidine rings is 1. The Hall–Kier alpha value is -1.48. The molecule has 2 heterocycles. The number of benzene rings is 1. The number of anilines is 1. The Morgan fingerprint density at radius 3 is 2.66 bits per heavy atom. The number of nitrogens with one attached hydrogen (secondary N) is 2. The smallest absolute Gasteiger partial charge is 0.191 e. The number of thiophene rings is 1. The van der Waals surface area contributed by atoms with Crippen LogP contribution in [0.5, 0.6) is 5.75 Å². The predicted molar refractivity (Wildman–Crippen MR) is 135 cm³/mol. The molecular weight excluding hydrogens is 495 g/mol. The highest BCUT2D eigenvalue weighted by Gasteiger charge is 2.21. The van der Waals surface area contributed by atoms with Gasteiger partial charge in [-0.2, -0.15) is 0 Å². The standard InChI is InChI=1S/C22H32N4OS.HI/c1-4-23-22(24-16-17(2)19-8-5-6-9-20(19)27-3)25-18-11-13-26(14-12-18)21-10-7-15-28-21;/h5-10,15,17-18H,4,11-14,16H2,1-3H3,(H2,23,24,25);1H. The molecule has 0 spiro atoms. The number of hydrogen-bond acceptors (Lipinski definition) is 4. The Bertz CT molecular complexity index is 745. The number of guanidine groups is 1. The highest BCUT2D eigenvalue weighted by Crippen LogP contribution is 2.26. The fourth-order valence-corrected chi connectivity index (χ4v) is 4.39. The van der Waals surface area contributed by atoms with Crippen molar-refractivity contribution in [1.82, 2.24) is 10.6 Å². The highest BCUT2D eigenvalue weighted by molar-refractivity contribution is 14.0. The van der Waals surface area contributed by atoms with Gasteiger partial charge in [0.1, 0.15) is 5.75 Å². The van der Waals surface area contributed by atoms with Crippen LogP contribution in [0.2, 0.25) is 0 Å². The van der Waals surface area contributed by atoms with Crippen molar-refractivity contribution in [3.05, 3.63) is 47.3 Å². The van der Waals surface area contributed by atoms with E-state index in [2.05, 4.69) is 59.0 Å². The van der Waals surface area contributed by atoms with Gasteiger partial charge in [0.05, 0.1) is 12.1 Å². The molecule has 0 saturated carbocycles. The van der Waals surface area contributed by atoms with E-state index in [9.17, 15) is 0 Å². The minimum atomic E-state index is 0. The maximum Gasteiger partial charge on any atom is 0.191 e. The quantitative estimate of drug-likeness (QED) is 0.311. The van der Waals surface area contributed by atoms with Gasteiger partial charge in [-0.1, -0.05) is 25.1 Å². The fraction of sp³-hybridized carbons (Fsp3) is 0.500. The predicted octanol–water partition coefficient (Wildman–Crippen LogP) is 4.70. The summed E-state index contributed by atoms with van der Waals surface area (Å²) in [5.41, 5.74) is 1.20. The molecule has 1 aromatic heterocycles. The molecule has 0 radical (unpaired) electrons. The zero-order valence-corrected chi connectivity index (χ0v) is 20.7. The molecule has 7 heteroatoms. The third kappa shape index (κ3) is 6.77. The molecule has 2 N–H and O–H groups in total. The first kappa shape index (κ1) is 23.8. The Balaban J connectivity index is 0.00000300. The number of ether oxygens (including phenoxy) is 1. The van der Waals surface area contributed by atoms with Crippen molar-refractivity contribution < 1.29 is 4.74 Å². The number of methoxy groups -OCH3 is 1. The fourth-order valence-electron chi connectivity index (χ4n) is 3.61. The van der Waals surface area contributed by atoms with Gasteiger partial charge in [0, 0.05) is 38.1 Å². The van der Waals surface area contributed by atoms with Crippen LogP contribution in [0.1, 0.15) is 38.2 Å². The van der Waals surface area contributed by atoms with E-state index in [4.69, 9.17) is 9.73 Å². The van der Waals surface area contributed by atoms with E-state index in [-0.39, 0.29) is 24.0 Å². The summed E-state index contributed by atoms with van der Waals surface area (Å²) in [6.07, 6.45) is 2.26. The molecule has 1 aliphatic heterocycles. The van der Waals surface area contributed by atoms with Crippen LogP contribution in [0.4, 0.5) is 5.00 Å². The summed E-state index contributed by atoms with van der Waals surface area (Å²) in [6, 6.07) is 13.0. The lowest BCUT2D eigenvalue weighted by molar-refractivity contribution is 0.406.